The molecule has 0 aliphatic heterocycles. The van der Waals surface area contributed by atoms with E-state index in [0.717, 1.165) is 10.2 Å². The molecule has 0 spiro atoms. The number of benzene rings is 1. The van der Waals surface area contributed by atoms with Crippen molar-refractivity contribution in [3.05, 3.63) is 52.4 Å². The number of hydrogen-bond acceptors (Lipinski definition) is 3. The molecule has 0 fully saturated rings. The van der Waals surface area contributed by atoms with Crippen LogP contribution < -0.4 is 10.1 Å². The summed E-state index contributed by atoms with van der Waals surface area (Å²) < 4.78 is 20.1. The first-order valence-electron chi connectivity index (χ1n) is 6.41. The lowest BCUT2D eigenvalue weighted by atomic mass is 10.1. The van der Waals surface area contributed by atoms with Gasteiger partial charge in [-0.25, -0.2) is 9.37 Å². The van der Waals surface area contributed by atoms with Crippen LogP contribution in [-0.4, -0.2) is 11.6 Å². The van der Waals surface area contributed by atoms with E-state index in [-0.39, 0.29) is 11.9 Å². The van der Waals surface area contributed by atoms with Crippen molar-refractivity contribution in [3.63, 3.8) is 0 Å². The molecule has 20 heavy (non-hydrogen) atoms. The van der Waals surface area contributed by atoms with Gasteiger partial charge in [-0.05, 0) is 38.1 Å². The van der Waals surface area contributed by atoms with Crippen LogP contribution in [0, 0.1) is 5.82 Å². The second-order valence-electron chi connectivity index (χ2n) is 4.32. The Labute approximate surface area is 126 Å². The maximum atomic E-state index is 13.9. The van der Waals surface area contributed by atoms with Gasteiger partial charge in [0.05, 0.1) is 18.3 Å². The van der Waals surface area contributed by atoms with Gasteiger partial charge >= 0.3 is 0 Å². The second-order valence-corrected chi connectivity index (χ2v) is 5.24. The van der Waals surface area contributed by atoms with E-state index in [0.29, 0.717) is 18.1 Å². The molecular weight excluding hydrogens is 323 g/mol. The minimum Gasteiger partial charge on any atom is -0.476 e. The average molecular weight is 339 g/mol. The summed E-state index contributed by atoms with van der Waals surface area (Å²) in [5.41, 5.74) is 1.35. The Morgan fingerprint density at radius 3 is 2.90 bits per heavy atom. The SMILES string of the molecule is CCOc1ncccc1NC(C)c1ccc(Br)cc1F. The standard InChI is InChI=1S/C15H16BrFN2O/c1-3-20-15-14(5-4-8-18-15)19-10(2)12-7-6-11(16)9-13(12)17/h4-10,19H,3H2,1-2H3. The van der Waals surface area contributed by atoms with Gasteiger partial charge in [0.1, 0.15) is 5.82 Å². The molecule has 5 heteroatoms. The molecule has 0 aliphatic carbocycles. The van der Waals surface area contributed by atoms with Crippen molar-refractivity contribution in [2.45, 2.75) is 19.9 Å². The molecule has 1 atom stereocenters. The van der Waals surface area contributed by atoms with E-state index < -0.39 is 0 Å². The molecule has 1 unspecified atom stereocenters. The summed E-state index contributed by atoms with van der Waals surface area (Å²) in [6.45, 7) is 4.33. The summed E-state index contributed by atoms with van der Waals surface area (Å²) in [4.78, 5) is 4.17. The van der Waals surface area contributed by atoms with Crippen LogP contribution in [0.4, 0.5) is 10.1 Å². The fourth-order valence-corrected chi connectivity index (χ4v) is 2.25. The summed E-state index contributed by atoms with van der Waals surface area (Å²) >= 11 is 3.25. The Morgan fingerprint density at radius 1 is 1.40 bits per heavy atom. The number of ether oxygens (including phenoxy) is 1. The van der Waals surface area contributed by atoms with E-state index in [1.807, 2.05) is 32.0 Å². The Kier molecular flexibility index (Phi) is 4.95. The molecular formula is C15H16BrFN2O. The van der Waals surface area contributed by atoms with Crippen molar-refractivity contribution in [2.24, 2.45) is 0 Å². The third-order valence-corrected chi connectivity index (χ3v) is 3.35. The van der Waals surface area contributed by atoms with Crippen LogP contribution in [0.3, 0.4) is 0 Å². The zero-order valence-corrected chi connectivity index (χ0v) is 12.9. The van der Waals surface area contributed by atoms with Gasteiger partial charge in [-0.2, -0.15) is 0 Å². The first kappa shape index (κ1) is 14.8. The van der Waals surface area contributed by atoms with E-state index in [2.05, 4.69) is 26.2 Å². The summed E-state index contributed by atoms with van der Waals surface area (Å²) in [7, 11) is 0. The summed E-state index contributed by atoms with van der Waals surface area (Å²) in [5, 5.41) is 3.23. The maximum Gasteiger partial charge on any atom is 0.237 e. The Hall–Kier alpha value is -1.62. The third-order valence-electron chi connectivity index (χ3n) is 2.85. The van der Waals surface area contributed by atoms with Crippen molar-refractivity contribution in [1.82, 2.24) is 4.98 Å². The number of nitrogens with zero attached hydrogens (tertiary/aromatic N) is 1. The molecule has 0 saturated carbocycles. The lowest BCUT2D eigenvalue weighted by Gasteiger charge is -2.18. The van der Waals surface area contributed by atoms with E-state index in [1.54, 1.807) is 12.3 Å². The Morgan fingerprint density at radius 2 is 2.20 bits per heavy atom. The van der Waals surface area contributed by atoms with E-state index in [9.17, 15) is 4.39 Å². The topological polar surface area (TPSA) is 34.1 Å². The molecule has 1 aromatic carbocycles. The summed E-state index contributed by atoms with van der Waals surface area (Å²) in [6.07, 6.45) is 1.67. The zero-order valence-electron chi connectivity index (χ0n) is 11.4. The van der Waals surface area contributed by atoms with E-state index in [4.69, 9.17) is 4.74 Å². The van der Waals surface area contributed by atoms with Crippen LogP contribution >= 0.6 is 15.9 Å². The molecule has 1 heterocycles. The molecule has 0 amide bonds. The number of aromatic nitrogens is 1. The first-order chi connectivity index (χ1) is 9.61. The van der Waals surface area contributed by atoms with E-state index >= 15 is 0 Å². The number of hydrogen-bond donors (Lipinski definition) is 1. The highest BCUT2D eigenvalue weighted by molar-refractivity contribution is 9.10. The van der Waals surface area contributed by atoms with Gasteiger partial charge in [0.2, 0.25) is 5.88 Å². The maximum absolute atomic E-state index is 13.9. The van der Waals surface area contributed by atoms with Crippen LogP contribution in [0.25, 0.3) is 0 Å². The molecule has 2 aromatic rings. The minimum absolute atomic E-state index is 0.188. The van der Waals surface area contributed by atoms with Gasteiger partial charge in [0.25, 0.3) is 0 Å². The van der Waals surface area contributed by atoms with Gasteiger partial charge in [0.15, 0.2) is 0 Å². The molecule has 0 bridgehead atoms. The van der Waals surface area contributed by atoms with Gasteiger partial charge < -0.3 is 10.1 Å². The molecule has 3 nitrogen and oxygen atoms in total. The van der Waals surface area contributed by atoms with Crippen LogP contribution in [0.2, 0.25) is 0 Å². The van der Waals surface area contributed by atoms with Crippen LogP contribution in [0.1, 0.15) is 25.5 Å². The molecule has 1 N–H and O–H groups in total. The zero-order chi connectivity index (χ0) is 14.5. The summed E-state index contributed by atoms with van der Waals surface area (Å²) in [5.74, 6) is 0.278. The van der Waals surface area contributed by atoms with Gasteiger partial charge in [-0.1, -0.05) is 22.0 Å². The predicted octanol–water partition coefficient (Wildman–Crippen LogP) is 4.56. The summed E-state index contributed by atoms with van der Waals surface area (Å²) in [6, 6.07) is 8.53. The fourth-order valence-electron chi connectivity index (χ4n) is 1.92. The van der Waals surface area contributed by atoms with Gasteiger partial charge in [-0.15, -0.1) is 0 Å². The number of nitrogens with one attached hydrogen (secondary N) is 1. The number of rotatable bonds is 5. The quantitative estimate of drug-likeness (QED) is 0.867. The van der Waals surface area contributed by atoms with Crippen LogP contribution in [0.5, 0.6) is 5.88 Å². The number of halogens is 2. The second kappa shape index (κ2) is 6.70. The molecule has 0 saturated heterocycles. The third kappa shape index (κ3) is 3.48. The molecule has 0 radical (unpaired) electrons. The largest absolute Gasteiger partial charge is 0.476 e. The lowest BCUT2D eigenvalue weighted by Crippen LogP contribution is -2.10. The normalized spacial score (nSPS) is 12.0. The van der Waals surface area contributed by atoms with Crippen molar-refractivity contribution in [3.8, 4) is 5.88 Å². The Balaban J connectivity index is 2.21. The lowest BCUT2D eigenvalue weighted by molar-refractivity contribution is 0.328. The van der Waals surface area contributed by atoms with Crippen LogP contribution in [0.15, 0.2) is 41.0 Å². The molecule has 0 aliphatic rings. The average Bonchev–Trinajstić information content (AvgIpc) is 2.41. The van der Waals surface area contributed by atoms with Gasteiger partial charge in [0, 0.05) is 16.2 Å². The molecule has 1 aromatic heterocycles. The van der Waals surface area contributed by atoms with Crippen LogP contribution in [-0.2, 0) is 0 Å². The highest BCUT2D eigenvalue weighted by atomic mass is 79.9. The van der Waals surface area contributed by atoms with Gasteiger partial charge in [-0.3, -0.25) is 0 Å². The van der Waals surface area contributed by atoms with Crippen molar-refractivity contribution in [2.75, 3.05) is 11.9 Å². The first-order valence-corrected chi connectivity index (χ1v) is 7.20. The minimum atomic E-state index is -0.249. The smallest absolute Gasteiger partial charge is 0.237 e. The van der Waals surface area contributed by atoms with Crippen molar-refractivity contribution >= 4 is 21.6 Å². The number of pyridine rings is 1. The van der Waals surface area contributed by atoms with Crippen molar-refractivity contribution < 1.29 is 9.13 Å². The highest BCUT2D eigenvalue weighted by Crippen LogP contribution is 2.28. The van der Waals surface area contributed by atoms with E-state index in [1.165, 1.54) is 6.07 Å². The van der Waals surface area contributed by atoms with Crippen molar-refractivity contribution in [1.29, 1.82) is 0 Å². The predicted molar refractivity (Wildman–Crippen MR) is 81.5 cm³/mol. The monoisotopic (exact) mass is 338 g/mol. The molecule has 2 rings (SSSR count). The fraction of sp³-hybridized carbons (Fsp3) is 0.267. The Bertz CT molecular complexity index is 592. The molecule has 106 valence electrons. The highest BCUT2D eigenvalue weighted by Gasteiger charge is 2.13. The number of anilines is 1.